The Morgan fingerprint density at radius 3 is 2.81 bits per heavy atom. The van der Waals surface area contributed by atoms with Crippen molar-refractivity contribution in [2.45, 2.75) is 38.4 Å². The Labute approximate surface area is 132 Å². The first-order valence-corrected chi connectivity index (χ1v) is 9.22. The van der Waals surface area contributed by atoms with Crippen molar-refractivity contribution in [1.29, 1.82) is 0 Å². The van der Waals surface area contributed by atoms with Crippen LogP contribution in [0.1, 0.15) is 33.1 Å². The first-order chi connectivity index (χ1) is 10.2. The molecule has 120 valence electrons. The van der Waals surface area contributed by atoms with Crippen molar-refractivity contribution in [3.63, 3.8) is 0 Å². The van der Waals surface area contributed by atoms with Crippen LogP contribution in [-0.2, 0) is 4.79 Å². The lowest BCUT2D eigenvalue weighted by Gasteiger charge is -2.34. The number of hydrogen-bond donors (Lipinski definition) is 2. The summed E-state index contributed by atoms with van der Waals surface area (Å²) >= 11 is 2.06. The Morgan fingerprint density at radius 2 is 2.14 bits per heavy atom. The molecule has 6 heteroatoms. The molecule has 2 rings (SSSR count). The van der Waals surface area contributed by atoms with Gasteiger partial charge in [0, 0.05) is 43.1 Å². The van der Waals surface area contributed by atoms with Crippen molar-refractivity contribution >= 4 is 23.6 Å². The van der Waals surface area contributed by atoms with Crippen molar-refractivity contribution in [3.05, 3.63) is 0 Å². The maximum absolute atomic E-state index is 11.6. The van der Waals surface area contributed by atoms with E-state index in [1.54, 1.807) is 0 Å². The Morgan fingerprint density at radius 1 is 1.33 bits per heavy atom. The van der Waals surface area contributed by atoms with Crippen molar-refractivity contribution in [3.8, 4) is 0 Å². The van der Waals surface area contributed by atoms with E-state index in [1.807, 2.05) is 0 Å². The summed E-state index contributed by atoms with van der Waals surface area (Å²) in [4.78, 5) is 18.6. The second kappa shape index (κ2) is 8.51. The van der Waals surface area contributed by atoms with E-state index in [9.17, 15) is 4.79 Å². The number of carbonyl (C=O) groups excluding carboxylic acids is 1. The predicted octanol–water partition coefficient (Wildman–Crippen LogP) is 1.31. The van der Waals surface area contributed by atoms with Gasteiger partial charge in [-0.2, -0.15) is 11.8 Å². The Kier molecular flexibility index (Phi) is 6.67. The number of nitrogens with zero attached hydrogens (tertiary/aromatic N) is 2. The smallest absolute Gasteiger partial charge is 0.223 e. The Hall–Kier alpha value is -0.910. The second-order valence-electron chi connectivity index (χ2n) is 5.65. The molecule has 0 aromatic rings. The van der Waals surface area contributed by atoms with E-state index in [0.29, 0.717) is 18.3 Å². The van der Waals surface area contributed by atoms with E-state index in [1.165, 1.54) is 12.2 Å². The largest absolute Gasteiger partial charge is 0.357 e. The summed E-state index contributed by atoms with van der Waals surface area (Å²) in [5, 5.41) is 7.05. The van der Waals surface area contributed by atoms with Crippen LogP contribution in [0.3, 0.4) is 0 Å². The molecular weight excluding hydrogens is 284 g/mol. The van der Waals surface area contributed by atoms with Gasteiger partial charge in [-0.1, -0.05) is 6.92 Å². The van der Waals surface area contributed by atoms with E-state index in [0.717, 1.165) is 38.4 Å². The van der Waals surface area contributed by atoms with Crippen LogP contribution in [0.2, 0.25) is 0 Å². The number of thioether (sulfide) groups is 1. The summed E-state index contributed by atoms with van der Waals surface area (Å²) < 4.78 is 0. The van der Waals surface area contributed by atoms with Gasteiger partial charge in [0.25, 0.3) is 0 Å². The fourth-order valence-corrected chi connectivity index (χ4v) is 3.60. The quantitative estimate of drug-likeness (QED) is 0.441. The molecule has 0 aromatic heterocycles. The minimum Gasteiger partial charge on any atom is -0.357 e. The zero-order valence-corrected chi connectivity index (χ0v) is 14.0. The van der Waals surface area contributed by atoms with Gasteiger partial charge in [-0.15, -0.1) is 0 Å². The van der Waals surface area contributed by atoms with Crippen LogP contribution >= 0.6 is 11.8 Å². The van der Waals surface area contributed by atoms with Crippen LogP contribution in [0.5, 0.6) is 0 Å². The molecule has 1 aliphatic carbocycles. The molecule has 1 saturated carbocycles. The zero-order valence-electron chi connectivity index (χ0n) is 13.2. The maximum atomic E-state index is 11.6. The van der Waals surface area contributed by atoms with Crippen LogP contribution in [0.15, 0.2) is 4.99 Å². The molecule has 1 saturated heterocycles. The number of amides is 1. The molecule has 1 amide bonds. The van der Waals surface area contributed by atoms with Gasteiger partial charge in [0.2, 0.25) is 5.91 Å². The number of guanidine groups is 1. The molecule has 0 spiro atoms. The average molecular weight is 312 g/mol. The van der Waals surface area contributed by atoms with Crippen molar-refractivity contribution < 1.29 is 4.79 Å². The molecular formula is C15H28N4OS. The van der Waals surface area contributed by atoms with Gasteiger partial charge in [0.15, 0.2) is 5.96 Å². The number of rotatable bonds is 6. The molecule has 1 unspecified atom stereocenters. The summed E-state index contributed by atoms with van der Waals surface area (Å²) in [6.45, 7) is 8.65. The topological polar surface area (TPSA) is 56.7 Å². The number of aliphatic imine (C=N–C) groups is 1. The summed E-state index contributed by atoms with van der Waals surface area (Å²) in [5.74, 6) is 2.65. The summed E-state index contributed by atoms with van der Waals surface area (Å²) in [6, 6.07) is 0. The molecule has 1 heterocycles. The zero-order chi connectivity index (χ0) is 15.1. The number of carbonyl (C=O) groups is 1. The van der Waals surface area contributed by atoms with E-state index >= 15 is 0 Å². The molecule has 5 nitrogen and oxygen atoms in total. The third kappa shape index (κ3) is 5.41. The SMILES string of the molecule is CCNC(=NCCNC(=O)C1CC1)N1CCSC(CC)C1. The maximum Gasteiger partial charge on any atom is 0.223 e. The highest BCUT2D eigenvalue weighted by Gasteiger charge is 2.29. The molecule has 2 N–H and O–H groups in total. The van der Waals surface area contributed by atoms with Crippen LogP contribution in [0.25, 0.3) is 0 Å². The van der Waals surface area contributed by atoms with E-state index < -0.39 is 0 Å². The molecule has 0 bridgehead atoms. The van der Waals surface area contributed by atoms with Crippen LogP contribution < -0.4 is 10.6 Å². The first-order valence-electron chi connectivity index (χ1n) is 8.17. The molecule has 2 fully saturated rings. The van der Waals surface area contributed by atoms with Gasteiger partial charge in [-0.25, -0.2) is 0 Å². The third-order valence-corrected chi connectivity index (χ3v) is 5.22. The van der Waals surface area contributed by atoms with Gasteiger partial charge in [0.1, 0.15) is 0 Å². The molecule has 2 aliphatic rings. The predicted molar refractivity (Wildman–Crippen MR) is 89.8 cm³/mol. The Balaban J connectivity index is 1.78. The fraction of sp³-hybridized carbons (Fsp3) is 0.867. The molecule has 0 radical (unpaired) electrons. The third-order valence-electron chi connectivity index (χ3n) is 3.85. The van der Waals surface area contributed by atoms with E-state index in [-0.39, 0.29) is 11.8 Å². The summed E-state index contributed by atoms with van der Waals surface area (Å²) in [7, 11) is 0. The average Bonchev–Trinajstić information content (AvgIpc) is 3.35. The highest BCUT2D eigenvalue weighted by Crippen LogP contribution is 2.28. The van der Waals surface area contributed by atoms with Crippen molar-refractivity contribution in [1.82, 2.24) is 15.5 Å². The second-order valence-corrected chi connectivity index (χ2v) is 7.06. The van der Waals surface area contributed by atoms with E-state index in [2.05, 4.69) is 46.1 Å². The van der Waals surface area contributed by atoms with Gasteiger partial charge in [-0.05, 0) is 26.2 Å². The highest BCUT2D eigenvalue weighted by molar-refractivity contribution is 8.00. The van der Waals surface area contributed by atoms with Crippen molar-refractivity contribution in [2.24, 2.45) is 10.9 Å². The molecule has 21 heavy (non-hydrogen) atoms. The normalized spacial score (nSPS) is 23.0. The van der Waals surface area contributed by atoms with Crippen molar-refractivity contribution in [2.75, 3.05) is 38.5 Å². The van der Waals surface area contributed by atoms with Crippen LogP contribution in [-0.4, -0.2) is 60.5 Å². The minimum absolute atomic E-state index is 0.204. The van der Waals surface area contributed by atoms with Gasteiger partial charge < -0.3 is 15.5 Å². The van der Waals surface area contributed by atoms with Gasteiger partial charge in [0.05, 0.1) is 6.54 Å². The molecule has 0 aromatic carbocycles. The Bertz CT molecular complexity index is 371. The summed E-state index contributed by atoms with van der Waals surface area (Å²) in [6.07, 6.45) is 3.32. The highest BCUT2D eigenvalue weighted by atomic mass is 32.2. The lowest BCUT2D eigenvalue weighted by atomic mass is 10.3. The monoisotopic (exact) mass is 312 g/mol. The molecule has 1 atom stereocenters. The number of hydrogen-bond acceptors (Lipinski definition) is 3. The summed E-state index contributed by atoms with van der Waals surface area (Å²) in [5.41, 5.74) is 0. The van der Waals surface area contributed by atoms with Crippen LogP contribution in [0.4, 0.5) is 0 Å². The standard InChI is InChI=1S/C15H28N4OS/c1-3-13-11-19(9-10-21-13)15(16-4-2)18-8-7-17-14(20)12-5-6-12/h12-13H,3-11H2,1-2H3,(H,16,18)(H,17,20). The molecule has 1 aliphatic heterocycles. The van der Waals surface area contributed by atoms with E-state index in [4.69, 9.17) is 0 Å². The number of nitrogens with one attached hydrogen (secondary N) is 2. The lowest BCUT2D eigenvalue weighted by Crippen LogP contribution is -2.48. The van der Waals surface area contributed by atoms with Gasteiger partial charge in [-0.3, -0.25) is 9.79 Å². The minimum atomic E-state index is 0.204. The van der Waals surface area contributed by atoms with Crippen LogP contribution in [0, 0.1) is 5.92 Å². The van der Waals surface area contributed by atoms with Gasteiger partial charge >= 0.3 is 0 Å². The lowest BCUT2D eigenvalue weighted by molar-refractivity contribution is -0.122. The first kappa shape index (κ1) is 16.5. The fourth-order valence-electron chi connectivity index (χ4n) is 2.42.